The molecule has 30 heavy (non-hydrogen) atoms. The van der Waals surface area contributed by atoms with E-state index >= 15 is 0 Å². The molecule has 1 aliphatic rings. The van der Waals surface area contributed by atoms with Gasteiger partial charge in [0.15, 0.2) is 5.65 Å². The van der Waals surface area contributed by atoms with Crippen LogP contribution in [0.3, 0.4) is 0 Å². The van der Waals surface area contributed by atoms with Crippen LogP contribution in [0.25, 0.3) is 5.65 Å². The largest absolute Gasteiger partial charge is 0.332 e. The molecule has 2 aromatic heterocycles. The Morgan fingerprint density at radius 2 is 2.07 bits per heavy atom. The van der Waals surface area contributed by atoms with Crippen LogP contribution in [0.15, 0.2) is 41.0 Å². The van der Waals surface area contributed by atoms with Gasteiger partial charge in [-0.05, 0) is 40.2 Å². The molecule has 1 aromatic carbocycles. The molecule has 1 aliphatic carbocycles. The van der Waals surface area contributed by atoms with Crippen LogP contribution < -0.4 is 5.32 Å². The fourth-order valence-electron chi connectivity index (χ4n) is 3.16. The summed E-state index contributed by atoms with van der Waals surface area (Å²) in [5, 5.41) is 6.55. The van der Waals surface area contributed by atoms with Gasteiger partial charge in [-0.1, -0.05) is 6.07 Å². The van der Waals surface area contributed by atoms with Crippen LogP contribution >= 0.6 is 15.9 Å². The van der Waals surface area contributed by atoms with Crippen molar-refractivity contribution in [2.24, 2.45) is 0 Å². The Morgan fingerprint density at radius 1 is 1.33 bits per heavy atom. The van der Waals surface area contributed by atoms with Crippen LogP contribution in [0.4, 0.5) is 19.1 Å². The molecule has 7 nitrogen and oxygen atoms in total. The summed E-state index contributed by atoms with van der Waals surface area (Å²) in [6.07, 6.45) is 1.13. The number of benzene rings is 1. The van der Waals surface area contributed by atoms with Crippen molar-refractivity contribution in [3.63, 3.8) is 0 Å². The van der Waals surface area contributed by atoms with E-state index in [0.29, 0.717) is 5.65 Å². The molecular weight excluding hydrogens is 467 g/mol. The van der Waals surface area contributed by atoms with Gasteiger partial charge in [-0.3, -0.25) is 14.9 Å². The molecule has 11 heteroatoms. The molecule has 0 radical (unpaired) electrons. The first-order valence-corrected chi connectivity index (χ1v) is 9.69. The quantitative estimate of drug-likeness (QED) is 0.605. The van der Waals surface area contributed by atoms with E-state index < -0.39 is 42.4 Å². The molecule has 1 fully saturated rings. The summed E-state index contributed by atoms with van der Waals surface area (Å²) in [6.45, 7) is -0.396. The van der Waals surface area contributed by atoms with Crippen molar-refractivity contribution >= 4 is 39.3 Å². The lowest BCUT2D eigenvalue weighted by molar-refractivity contribution is -0.116. The number of carbonyl (C=O) groups excluding carboxylic acids is 2. The van der Waals surface area contributed by atoms with Crippen LogP contribution in [-0.2, 0) is 4.79 Å². The van der Waals surface area contributed by atoms with Crippen LogP contribution in [0.2, 0.25) is 0 Å². The number of fused-ring (bicyclic) bond motifs is 1. The molecule has 2 amide bonds. The van der Waals surface area contributed by atoms with Crippen LogP contribution in [0, 0.1) is 5.82 Å². The first kappa shape index (κ1) is 20.3. The lowest BCUT2D eigenvalue weighted by Gasteiger charge is -2.19. The van der Waals surface area contributed by atoms with E-state index in [1.807, 2.05) is 0 Å². The Kier molecular flexibility index (Phi) is 5.00. The minimum atomic E-state index is -3.05. The number of alkyl halides is 2. The number of anilines is 1. The number of hydrogen-bond acceptors (Lipinski definition) is 4. The topological polar surface area (TPSA) is 79.6 Å². The first-order valence-electron chi connectivity index (χ1n) is 8.90. The molecule has 0 bridgehead atoms. The minimum Gasteiger partial charge on any atom is -0.332 e. The van der Waals surface area contributed by atoms with Gasteiger partial charge in [0.1, 0.15) is 5.82 Å². The number of carbonyl (C=O) groups is 2. The van der Waals surface area contributed by atoms with Gasteiger partial charge in [-0.15, -0.1) is 5.10 Å². The summed E-state index contributed by atoms with van der Waals surface area (Å²) < 4.78 is 43.2. The third kappa shape index (κ3) is 3.76. The zero-order valence-corrected chi connectivity index (χ0v) is 17.2. The predicted molar refractivity (Wildman–Crippen MR) is 105 cm³/mol. The molecule has 3 aromatic rings. The first-order chi connectivity index (χ1) is 14.2. The van der Waals surface area contributed by atoms with Gasteiger partial charge in [0.25, 0.3) is 11.8 Å². The van der Waals surface area contributed by atoms with E-state index in [0.717, 1.165) is 4.90 Å². The minimum absolute atomic E-state index is 0.00457. The van der Waals surface area contributed by atoms with Crippen molar-refractivity contribution in [1.29, 1.82) is 0 Å². The van der Waals surface area contributed by atoms with Crippen LogP contribution in [-0.4, -0.2) is 50.8 Å². The van der Waals surface area contributed by atoms with E-state index in [4.69, 9.17) is 0 Å². The summed E-state index contributed by atoms with van der Waals surface area (Å²) >= 11 is 2.97. The number of aromatic nitrogens is 3. The van der Waals surface area contributed by atoms with Crippen LogP contribution in [0.5, 0.6) is 0 Å². The van der Waals surface area contributed by atoms with Gasteiger partial charge >= 0.3 is 0 Å². The summed E-state index contributed by atoms with van der Waals surface area (Å²) in [6, 6.07) is 7.77. The molecule has 0 spiro atoms. The normalized spacial score (nSPS) is 17.0. The van der Waals surface area contributed by atoms with Gasteiger partial charge in [0.05, 0.1) is 16.9 Å². The second-order valence-electron chi connectivity index (χ2n) is 6.99. The molecule has 1 saturated carbocycles. The van der Waals surface area contributed by atoms with Gasteiger partial charge in [-0.2, -0.15) is 4.98 Å². The third-order valence-corrected chi connectivity index (χ3v) is 5.37. The molecule has 1 atom stereocenters. The van der Waals surface area contributed by atoms with Crippen molar-refractivity contribution in [3.05, 3.63) is 57.9 Å². The van der Waals surface area contributed by atoms with Crippen molar-refractivity contribution < 1.29 is 22.8 Å². The molecule has 1 unspecified atom stereocenters. The average Bonchev–Trinajstić information content (AvgIpc) is 3.12. The van der Waals surface area contributed by atoms with Gasteiger partial charge in [-0.25, -0.2) is 17.7 Å². The van der Waals surface area contributed by atoms with E-state index in [9.17, 15) is 22.8 Å². The highest BCUT2D eigenvalue weighted by atomic mass is 79.9. The van der Waals surface area contributed by atoms with Crippen molar-refractivity contribution in [2.75, 3.05) is 18.9 Å². The smallest absolute Gasteiger partial charge is 0.256 e. The lowest BCUT2D eigenvalue weighted by Crippen LogP contribution is -2.35. The zero-order chi connectivity index (χ0) is 21.6. The highest BCUT2D eigenvalue weighted by molar-refractivity contribution is 9.10. The number of pyridine rings is 1. The molecular formula is C19H15BrF3N5O2. The average molecular weight is 482 g/mol. The Balaban J connectivity index is 1.50. The summed E-state index contributed by atoms with van der Waals surface area (Å²) in [5.74, 6) is -6.58. The Hall–Kier alpha value is -2.95. The van der Waals surface area contributed by atoms with Crippen molar-refractivity contribution in [2.45, 2.75) is 18.3 Å². The molecule has 1 N–H and O–H groups in total. The Bertz CT molecular complexity index is 1130. The lowest BCUT2D eigenvalue weighted by atomic mass is 10.0. The van der Waals surface area contributed by atoms with Crippen molar-refractivity contribution in [3.8, 4) is 0 Å². The molecule has 156 valence electrons. The number of nitrogens with zero attached hydrogens (tertiary/aromatic N) is 4. The van der Waals surface area contributed by atoms with Gasteiger partial charge in [0.2, 0.25) is 11.9 Å². The molecule has 0 saturated heterocycles. The number of rotatable bonds is 5. The van der Waals surface area contributed by atoms with E-state index in [-0.39, 0.29) is 21.5 Å². The molecule has 2 heterocycles. The summed E-state index contributed by atoms with van der Waals surface area (Å²) in [7, 11) is 1.33. The van der Waals surface area contributed by atoms with Crippen molar-refractivity contribution in [1.82, 2.24) is 19.5 Å². The third-order valence-electron chi connectivity index (χ3n) is 4.76. The van der Waals surface area contributed by atoms with Crippen LogP contribution in [0.1, 0.15) is 28.3 Å². The maximum absolute atomic E-state index is 14.5. The standard InChI is InChI=1S/C19H15BrF3N5O2/c1-27(9-14(29)25-18-24-13-4-2-3-7-28(13)26-18)17(30)10-5-6-12(20)16(21)15(10)11-8-19(11,22)23/h2-7,11H,8-9H2,1H3,(H,25,26,29). The fourth-order valence-corrected chi connectivity index (χ4v) is 3.51. The zero-order valence-electron chi connectivity index (χ0n) is 15.6. The monoisotopic (exact) mass is 481 g/mol. The number of amides is 2. The second-order valence-corrected chi connectivity index (χ2v) is 7.84. The number of likely N-dealkylation sites (N-methyl/N-ethyl adjacent to an activating group) is 1. The Labute approximate surface area is 177 Å². The highest BCUT2D eigenvalue weighted by Gasteiger charge is 2.59. The van der Waals surface area contributed by atoms with Gasteiger partial charge < -0.3 is 4.90 Å². The maximum atomic E-state index is 14.5. The Morgan fingerprint density at radius 3 is 2.73 bits per heavy atom. The highest BCUT2D eigenvalue weighted by Crippen LogP contribution is 2.57. The number of nitrogens with one attached hydrogen (secondary N) is 1. The molecule has 4 rings (SSSR count). The van der Waals surface area contributed by atoms with E-state index in [1.54, 1.807) is 24.4 Å². The molecule has 0 aliphatic heterocycles. The summed E-state index contributed by atoms with van der Waals surface area (Å²) in [5.41, 5.74) is -0.00903. The predicted octanol–water partition coefficient (Wildman–Crippen LogP) is 3.46. The number of halogens is 4. The fraction of sp³-hybridized carbons (Fsp3) is 0.263. The second kappa shape index (κ2) is 7.38. The SMILES string of the molecule is CN(CC(=O)Nc1nc2ccccn2n1)C(=O)c1ccc(Br)c(F)c1C1CC1(F)F. The van der Waals surface area contributed by atoms with E-state index in [2.05, 4.69) is 31.3 Å². The van der Waals surface area contributed by atoms with Gasteiger partial charge in [0, 0.05) is 30.8 Å². The number of hydrogen-bond donors (Lipinski definition) is 1. The summed E-state index contributed by atoms with van der Waals surface area (Å²) in [4.78, 5) is 30.2. The maximum Gasteiger partial charge on any atom is 0.256 e. The van der Waals surface area contributed by atoms with E-state index in [1.165, 1.54) is 23.7 Å².